The third-order valence-corrected chi connectivity index (χ3v) is 4.15. The Balaban J connectivity index is 1.91. The molecule has 0 unspecified atom stereocenters. The Kier molecular flexibility index (Phi) is 6.09. The zero-order chi connectivity index (χ0) is 16.1. The number of hydrogen-bond acceptors (Lipinski definition) is 1. The Labute approximate surface area is 144 Å². The predicted octanol–water partition coefficient (Wildman–Crippen LogP) is 3.91. The van der Waals surface area contributed by atoms with Crippen molar-refractivity contribution in [2.75, 3.05) is 11.9 Å². The lowest BCUT2D eigenvalue weighted by molar-refractivity contribution is -0.682. The summed E-state index contributed by atoms with van der Waals surface area (Å²) in [6, 6.07) is 12.6. The minimum Gasteiger partial charge on any atom is -0.332 e. The number of benzene rings is 2. The van der Waals surface area contributed by atoms with Gasteiger partial charge >= 0.3 is 0 Å². The van der Waals surface area contributed by atoms with Crippen molar-refractivity contribution < 1.29 is 10.1 Å². The first-order chi connectivity index (χ1) is 10.5. The summed E-state index contributed by atoms with van der Waals surface area (Å²) in [4.78, 5) is 12.0. The van der Waals surface area contributed by atoms with Gasteiger partial charge in [-0.3, -0.25) is 4.79 Å². The molecule has 0 heterocycles. The topological polar surface area (TPSA) is 45.7 Å². The third kappa shape index (κ3) is 4.62. The monoisotopic (exact) mass is 357 g/mol. The van der Waals surface area contributed by atoms with Crippen LogP contribution in [0.3, 0.4) is 0 Å². The molecule has 0 radical (unpaired) electrons. The summed E-state index contributed by atoms with van der Waals surface area (Å²) < 4.78 is 0. The molecule has 0 saturated heterocycles. The van der Waals surface area contributed by atoms with E-state index < -0.39 is 0 Å². The average molecular weight is 359 g/mol. The number of anilines is 1. The van der Waals surface area contributed by atoms with Gasteiger partial charge in [-0.05, 0) is 31.2 Å². The molecule has 2 aromatic rings. The standard InChI is InChI=1S/C16H15Cl3N2O/c1-10(12-4-2-3-5-13(12)18)20-9-16(22)21-15-7-6-11(17)8-14(15)19/h2-8,10,20H,9H2,1H3,(H,21,22)/p+1/t10-/m1/s1. The van der Waals surface area contributed by atoms with Crippen LogP contribution in [0.2, 0.25) is 15.1 Å². The van der Waals surface area contributed by atoms with Crippen LogP contribution in [0.4, 0.5) is 5.69 Å². The van der Waals surface area contributed by atoms with Crippen LogP contribution in [-0.4, -0.2) is 12.5 Å². The van der Waals surface area contributed by atoms with Crippen LogP contribution in [0.15, 0.2) is 42.5 Å². The fourth-order valence-electron chi connectivity index (χ4n) is 2.05. The van der Waals surface area contributed by atoms with Gasteiger partial charge in [0.05, 0.1) is 10.7 Å². The Bertz CT molecular complexity index is 676. The highest BCUT2D eigenvalue weighted by Crippen LogP contribution is 2.25. The maximum absolute atomic E-state index is 12.0. The Hall–Kier alpha value is -1.26. The number of nitrogens with one attached hydrogen (secondary N) is 1. The highest BCUT2D eigenvalue weighted by atomic mass is 35.5. The van der Waals surface area contributed by atoms with Gasteiger partial charge in [-0.2, -0.15) is 0 Å². The van der Waals surface area contributed by atoms with Crippen LogP contribution >= 0.6 is 34.8 Å². The van der Waals surface area contributed by atoms with Crippen molar-refractivity contribution >= 4 is 46.4 Å². The molecule has 0 aromatic heterocycles. The van der Waals surface area contributed by atoms with Crippen LogP contribution in [0.5, 0.6) is 0 Å². The van der Waals surface area contributed by atoms with Crippen LogP contribution in [0, 0.1) is 0 Å². The maximum Gasteiger partial charge on any atom is 0.279 e. The summed E-state index contributed by atoms with van der Waals surface area (Å²) in [5.74, 6) is -0.136. The van der Waals surface area contributed by atoms with E-state index in [4.69, 9.17) is 34.8 Å². The molecule has 3 N–H and O–H groups in total. The number of hydrogen-bond donors (Lipinski definition) is 2. The summed E-state index contributed by atoms with van der Waals surface area (Å²) in [6.45, 7) is 2.27. The SMILES string of the molecule is C[C@@H]([NH2+]CC(=O)Nc1ccc(Cl)cc1Cl)c1ccccc1Cl. The van der Waals surface area contributed by atoms with E-state index in [1.54, 1.807) is 18.2 Å². The zero-order valence-corrected chi connectivity index (χ0v) is 14.2. The number of rotatable bonds is 5. The van der Waals surface area contributed by atoms with Crippen molar-refractivity contribution in [1.82, 2.24) is 0 Å². The highest BCUT2D eigenvalue weighted by molar-refractivity contribution is 6.36. The second-order valence-electron chi connectivity index (χ2n) is 4.92. The molecule has 0 aliphatic rings. The largest absolute Gasteiger partial charge is 0.332 e. The van der Waals surface area contributed by atoms with Gasteiger partial charge in [-0.25, -0.2) is 0 Å². The van der Waals surface area contributed by atoms with Crippen molar-refractivity contribution in [2.24, 2.45) is 0 Å². The summed E-state index contributed by atoms with van der Waals surface area (Å²) >= 11 is 18.0. The second kappa shape index (κ2) is 7.84. The third-order valence-electron chi connectivity index (χ3n) is 3.26. The van der Waals surface area contributed by atoms with Crippen molar-refractivity contribution in [2.45, 2.75) is 13.0 Å². The lowest BCUT2D eigenvalue weighted by Gasteiger charge is -2.13. The first-order valence-electron chi connectivity index (χ1n) is 6.80. The van der Waals surface area contributed by atoms with E-state index in [0.29, 0.717) is 20.8 Å². The molecule has 6 heteroatoms. The lowest BCUT2D eigenvalue weighted by Crippen LogP contribution is -2.86. The Morgan fingerprint density at radius 3 is 2.55 bits per heavy atom. The molecular weight excluding hydrogens is 343 g/mol. The maximum atomic E-state index is 12.0. The Morgan fingerprint density at radius 2 is 1.86 bits per heavy atom. The number of nitrogens with two attached hydrogens (primary N) is 1. The molecule has 1 atom stereocenters. The van der Waals surface area contributed by atoms with Crippen molar-refractivity contribution in [1.29, 1.82) is 0 Å². The molecule has 116 valence electrons. The average Bonchev–Trinajstić information content (AvgIpc) is 2.48. The fraction of sp³-hybridized carbons (Fsp3) is 0.188. The predicted molar refractivity (Wildman–Crippen MR) is 91.8 cm³/mol. The van der Waals surface area contributed by atoms with Gasteiger partial charge in [0.1, 0.15) is 6.04 Å². The molecular formula is C16H16Cl3N2O+. The smallest absolute Gasteiger partial charge is 0.279 e. The van der Waals surface area contributed by atoms with Crippen LogP contribution in [0.25, 0.3) is 0 Å². The van der Waals surface area contributed by atoms with Crippen molar-refractivity contribution in [3.05, 3.63) is 63.1 Å². The Morgan fingerprint density at radius 1 is 1.14 bits per heavy atom. The first kappa shape index (κ1) is 17.1. The van der Waals surface area contributed by atoms with E-state index in [1.807, 2.05) is 36.5 Å². The molecule has 1 amide bonds. The van der Waals surface area contributed by atoms with Crippen LogP contribution in [0.1, 0.15) is 18.5 Å². The number of quaternary nitrogens is 1. The lowest BCUT2D eigenvalue weighted by atomic mass is 10.1. The number of halogens is 3. The molecule has 22 heavy (non-hydrogen) atoms. The van der Waals surface area contributed by atoms with E-state index in [-0.39, 0.29) is 18.5 Å². The van der Waals surface area contributed by atoms with Gasteiger partial charge < -0.3 is 10.6 Å². The van der Waals surface area contributed by atoms with Gasteiger partial charge in [-0.15, -0.1) is 0 Å². The van der Waals surface area contributed by atoms with Crippen molar-refractivity contribution in [3.8, 4) is 0 Å². The molecule has 3 nitrogen and oxygen atoms in total. The highest BCUT2D eigenvalue weighted by Gasteiger charge is 2.14. The van der Waals surface area contributed by atoms with E-state index in [0.717, 1.165) is 5.56 Å². The molecule has 0 bridgehead atoms. The number of carbonyl (C=O) groups excluding carboxylic acids is 1. The molecule has 0 spiro atoms. The molecule has 0 aliphatic heterocycles. The minimum absolute atomic E-state index is 0.0835. The number of amides is 1. The van der Waals surface area contributed by atoms with Gasteiger partial charge in [-0.1, -0.05) is 53.0 Å². The number of carbonyl (C=O) groups is 1. The molecule has 2 rings (SSSR count). The summed E-state index contributed by atoms with van der Waals surface area (Å²) in [5, 5.41) is 6.33. The van der Waals surface area contributed by atoms with Gasteiger partial charge in [0.15, 0.2) is 6.54 Å². The molecule has 0 aliphatic carbocycles. The van der Waals surface area contributed by atoms with Gasteiger partial charge in [0.25, 0.3) is 5.91 Å². The molecule has 0 fully saturated rings. The van der Waals surface area contributed by atoms with Gasteiger partial charge in [0, 0.05) is 15.6 Å². The zero-order valence-electron chi connectivity index (χ0n) is 11.9. The summed E-state index contributed by atoms with van der Waals surface area (Å²) in [7, 11) is 0. The normalized spacial score (nSPS) is 12.0. The quantitative estimate of drug-likeness (QED) is 0.836. The van der Waals surface area contributed by atoms with Gasteiger partial charge in [0.2, 0.25) is 0 Å². The molecule has 2 aromatic carbocycles. The van der Waals surface area contributed by atoms with E-state index in [1.165, 1.54) is 0 Å². The van der Waals surface area contributed by atoms with Crippen LogP contribution in [-0.2, 0) is 4.79 Å². The van der Waals surface area contributed by atoms with E-state index in [2.05, 4.69) is 5.32 Å². The van der Waals surface area contributed by atoms with E-state index in [9.17, 15) is 4.79 Å². The first-order valence-corrected chi connectivity index (χ1v) is 7.93. The van der Waals surface area contributed by atoms with E-state index >= 15 is 0 Å². The minimum atomic E-state index is -0.136. The summed E-state index contributed by atoms with van der Waals surface area (Å²) in [5.41, 5.74) is 1.55. The molecule has 0 saturated carbocycles. The summed E-state index contributed by atoms with van der Waals surface area (Å²) in [6.07, 6.45) is 0. The second-order valence-corrected chi connectivity index (χ2v) is 6.17. The fourth-order valence-corrected chi connectivity index (χ4v) is 2.81. The van der Waals surface area contributed by atoms with Crippen LogP contribution < -0.4 is 10.6 Å². The van der Waals surface area contributed by atoms with Crippen molar-refractivity contribution in [3.63, 3.8) is 0 Å².